The van der Waals surface area contributed by atoms with E-state index >= 15 is 0 Å². The minimum atomic E-state index is 0.0144. The van der Waals surface area contributed by atoms with Gasteiger partial charge in [0.2, 0.25) is 5.78 Å². The van der Waals surface area contributed by atoms with Crippen molar-refractivity contribution in [2.45, 2.75) is 6.42 Å². The molecule has 0 aliphatic rings. The van der Waals surface area contributed by atoms with E-state index in [-0.39, 0.29) is 5.78 Å². The number of Topliss-reactive ketones (excluding diaryl/α,β-unsaturated/α-hetero) is 1. The number of rotatable bonds is 3. The predicted molar refractivity (Wildman–Crippen MR) is 76.3 cm³/mol. The molecule has 0 N–H and O–H groups in total. The number of benzene rings is 1. The molecule has 0 atom stereocenters. The Kier molecular flexibility index (Phi) is 3.06. The zero-order valence-corrected chi connectivity index (χ0v) is 11.8. The Hall–Kier alpha value is -1.39. The third kappa shape index (κ3) is 2.26. The Bertz CT molecular complexity index is 678. The van der Waals surface area contributed by atoms with Crippen molar-refractivity contribution in [1.82, 2.24) is 0 Å². The van der Waals surface area contributed by atoms with Gasteiger partial charge in [-0.2, -0.15) is 0 Å². The Morgan fingerprint density at radius 3 is 2.78 bits per heavy atom. The number of halogens is 1. The zero-order chi connectivity index (χ0) is 12.5. The number of ketones is 1. The van der Waals surface area contributed by atoms with Gasteiger partial charge in [-0.1, -0.05) is 18.2 Å². The molecular formula is C14H9BrO2S. The van der Waals surface area contributed by atoms with Gasteiger partial charge in [0.05, 0.1) is 3.79 Å². The van der Waals surface area contributed by atoms with E-state index in [0.717, 1.165) is 19.6 Å². The van der Waals surface area contributed by atoms with Crippen LogP contribution in [0, 0.1) is 0 Å². The molecule has 2 heterocycles. The summed E-state index contributed by atoms with van der Waals surface area (Å²) >= 11 is 4.96. The number of hydrogen-bond acceptors (Lipinski definition) is 3. The molecule has 0 saturated carbocycles. The molecule has 18 heavy (non-hydrogen) atoms. The molecule has 0 aliphatic heterocycles. The normalized spacial score (nSPS) is 10.9. The van der Waals surface area contributed by atoms with Crippen LogP contribution in [0.4, 0.5) is 0 Å². The number of hydrogen-bond donors (Lipinski definition) is 0. The summed E-state index contributed by atoms with van der Waals surface area (Å²) in [7, 11) is 0. The van der Waals surface area contributed by atoms with Crippen molar-refractivity contribution < 1.29 is 9.21 Å². The van der Waals surface area contributed by atoms with Crippen LogP contribution in [0.25, 0.3) is 11.0 Å². The molecule has 3 aromatic rings. The first-order valence-corrected chi connectivity index (χ1v) is 7.09. The van der Waals surface area contributed by atoms with E-state index in [2.05, 4.69) is 15.9 Å². The smallest absolute Gasteiger partial charge is 0.203 e. The van der Waals surface area contributed by atoms with E-state index in [1.807, 2.05) is 36.4 Å². The Labute approximate surface area is 116 Å². The quantitative estimate of drug-likeness (QED) is 0.656. The number of carbonyl (C=O) groups is 1. The van der Waals surface area contributed by atoms with Gasteiger partial charge >= 0.3 is 0 Å². The summed E-state index contributed by atoms with van der Waals surface area (Å²) in [6, 6.07) is 13.4. The molecule has 0 unspecified atom stereocenters. The van der Waals surface area contributed by atoms with Gasteiger partial charge in [0.15, 0.2) is 5.76 Å². The zero-order valence-electron chi connectivity index (χ0n) is 9.35. The molecule has 0 aliphatic carbocycles. The second-order valence-electron chi connectivity index (χ2n) is 3.95. The number of fused-ring (bicyclic) bond motifs is 1. The average Bonchev–Trinajstić information content (AvgIpc) is 2.95. The molecule has 3 rings (SSSR count). The van der Waals surface area contributed by atoms with Crippen LogP contribution in [0.3, 0.4) is 0 Å². The van der Waals surface area contributed by atoms with Gasteiger partial charge in [-0.25, -0.2) is 0 Å². The molecule has 90 valence electrons. The largest absolute Gasteiger partial charge is 0.453 e. The highest BCUT2D eigenvalue weighted by atomic mass is 79.9. The molecule has 1 aromatic carbocycles. The topological polar surface area (TPSA) is 30.2 Å². The molecule has 2 aromatic heterocycles. The fourth-order valence-electron chi connectivity index (χ4n) is 1.81. The van der Waals surface area contributed by atoms with Gasteiger partial charge in [-0.3, -0.25) is 4.79 Å². The highest BCUT2D eigenvalue weighted by molar-refractivity contribution is 9.11. The van der Waals surface area contributed by atoms with Crippen LogP contribution in [0.2, 0.25) is 0 Å². The van der Waals surface area contributed by atoms with E-state index < -0.39 is 0 Å². The van der Waals surface area contributed by atoms with Crippen LogP contribution in [-0.4, -0.2) is 5.78 Å². The average molecular weight is 321 g/mol. The van der Waals surface area contributed by atoms with Crippen molar-refractivity contribution in [2.24, 2.45) is 0 Å². The van der Waals surface area contributed by atoms with E-state index in [9.17, 15) is 4.79 Å². The molecule has 2 nitrogen and oxygen atoms in total. The van der Waals surface area contributed by atoms with Crippen molar-refractivity contribution >= 4 is 44.0 Å². The van der Waals surface area contributed by atoms with E-state index in [1.165, 1.54) is 0 Å². The van der Waals surface area contributed by atoms with E-state index in [0.29, 0.717) is 12.2 Å². The summed E-state index contributed by atoms with van der Waals surface area (Å²) < 4.78 is 6.59. The third-order valence-electron chi connectivity index (χ3n) is 2.66. The second-order valence-corrected chi connectivity index (χ2v) is 6.50. The molecule has 0 saturated heterocycles. The van der Waals surface area contributed by atoms with Gasteiger partial charge < -0.3 is 4.42 Å². The van der Waals surface area contributed by atoms with Crippen LogP contribution >= 0.6 is 27.3 Å². The molecular weight excluding hydrogens is 312 g/mol. The maximum absolute atomic E-state index is 12.1. The van der Waals surface area contributed by atoms with Gasteiger partial charge in [0, 0.05) is 16.7 Å². The lowest BCUT2D eigenvalue weighted by atomic mass is 10.2. The summed E-state index contributed by atoms with van der Waals surface area (Å²) in [6.07, 6.45) is 0.385. The van der Waals surface area contributed by atoms with Gasteiger partial charge in [0.25, 0.3) is 0 Å². The Morgan fingerprint density at radius 1 is 1.22 bits per heavy atom. The van der Waals surface area contributed by atoms with Gasteiger partial charge in [-0.05, 0) is 40.2 Å². The summed E-state index contributed by atoms with van der Waals surface area (Å²) in [6.45, 7) is 0. The maximum Gasteiger partial charge on any atom is 0.203 e. The Balaban J connectivity index is 1.87. The monoisotopic (exact) mass is 320 g/mol. The fourth-order valence-corrected chi connectivity index (χ4v) is 3.29. The van der Waals surface area contributed by atoms with E-state index in [1.54, 1.807) is 17.4 Å². The molecule has 0 spiro atoms. The van der Waals surface area contributed by atoms with E-state index in [4.69, 9.17) is 4.42 Å². The van der Waals surface area contributed by atoms with Crippen LogP contribution in [0.5, 0.6) is 0 Å². The summed E-state index contributed by atoms with van der Waals surface area (Å²) in [5, 5.41) is 0.966. The fraction of sp³-hybridized carbons (Fsp3) is 0.0714. The van der Waals surface area contributed by atoms with Crippen molar-refractivity contribution in [3.8, 4) is 0 Å². The highest BCUT2D eigenvalue weighted by Gasteiger charge is 2.13. The standard InChI is InChI=1S/C14H9BrO2S/c15-14-6-5-10(18-14)8-11(16)13-7-9-3-1-2-4-12(9)17-13/h1-7H,8H2. The maximum atomic E-state index is 12.1. The first-order valence-electron chi connectivity index (χ1n) is 5.48. The minimum absolute atomic E-state index is 0.0144. The summed E-state index contributed by atoms with van der Waals surface area (Å²) in [5.74, 6) is 0.446. The number of carbonyl (C=O) groups excluding carboxylic acids is 1. The Morgan fingerprint density at radius 2 is 2.06 bits per heavy atom. The van der Waals surface area contributed by atoms with Crippen LogP contribution in [-0.2, 0) is 6.42 Å². The number of thiophene rings is 1. The van der Waals surface area contributed by atoms with Gasteiger partial charge in [0.1, 0.15) is 5.58 Å². The molecule has 0 amide bonds. The summed E-state index contributed by atoms with van der Waals surface area (Å²) in [5.41, 5.74) is 0.758. The summed E-state index contributed by atoms with van der Waals surface area (Å²) in [4.78, 5) is 13.1. The van der Waals surface area contributed by atoms with Crippen molar-refractivity contribution in [3.63, 3.8) is 0 Å². The first kappa shape index (κ1) is 11.7. The van der Waals surface area contributed by atoms with Crippen LogP contribution in [0.1, 0.15) is 15.4 Å². The minimum Gasteiger partial charge on any atom is -0.453 e. The van der Waals surface area contributed by atoms with Crippen molar-refractivity contribution in [3.05, 3.63) is 56.9 Å². The lowest BCUT2D eigenvalue weighted by Crippen LogP contribution is -1.99. The lowest BCUT2D eigenvalue weighted by molar-refractivity contribution is 0.0969. The van der Waals surface area contributed by atoms with Crippen LogP contribution < -0.4 is 0 Å². The third-order valence-corrected chi connectivity index (χ3v) is 4.29. The lowest BCUT2D eigenvalue weighted by Gasteiger charge is -1.93. The number of furan rings is 1. The molecule has 0 radical (unpaired) electrons. The molecule has 0 fully saturated rings. The number of para-hydroxylation sites is 1. The van der Waals surface area contributed by atoms with Crippen molar-refractivity contribution in [2.75, 3.05) is 0 Å². The van der Waals surface area contributed by atoms with Crippen LogP contribution in [0.15, 0.2) is 50.7 Å². The van der Waals surface area contributed by atoms with Gasteiger partial charge in [-0.15, -0.1) is 11.3 Å². The SMILES string of the molecule is O=C(Cc1ccc(Br)s1)c1cc2ccccc2o1. The molecule has 0 bridgehead atoms. The first-order chi connectivity index (χ1) is 8.72. The van der Waals surface area contributed by atoms with Crippen molar-refractivity contribution in [1.29, 1.82) is 0 Å². The predicted octanol–water partition coefficient (Wildman–Crippen LogP) is 4.68. The molecule has 4 heteroatoms. The second kappa shape index (κ2) is 4.71. The highest BCUT2D eigenvalue weighted by Crippen LogP contribution is 2.25.